The van der Waals surface area contributed by atoms with E-state index < -0.39 is 4.33 Å². The molecule has 23 heavy (non-hydrogen) atoms. The minimum atomic E-state index is -0.651. The van der Waals surface area contributed by atoms with Gasteiger partial charge in [-0.25, -0.2) is 0 Å². The maximum atomic E-state index is 6.72. The molecule has 2 heterocycles. The lowest BCUT2D eigenvalue weighted by atomic mass is 9.72. The summed E-state index contributed by atoms with van der Waals surface area (Å²) in [6.07, 6.45) is 2.08. The molecule has 2 aliphatic heterocycles. The predicted molar refractivity (Wildman–Crippen MR) is 93.2 cm³/mol. The molecule has 4 rings (SSSR count). The van der Waals surface area contributed by atoms with Crippen LogP contribution in [0.5, 0.6) is 5.75 Å². The van der Waals surface area contributed by atoms with Crippen molar-refractivity contribution in [3.63, 3.8) is 0 Å². The molecule has 0 spiro atoms. The van der Waals surface area contributed by atoms with Crippen LogP contribution in [-0.4, -0.2) is 15.5 Å². The van der Waals surface area contributed by atoms with Gasteiger partial charge in [-0.1, -0.05) is 25.1 Å². The van der Waals surface area contributed by atoms with Crippen molar-refractivity contribution in [1.29, 1.82) is 0 Å². The molecule has 2 fully saturated rings. The summed E-state index contributed by atoms with van der Waals surface area (Å²) in [6.45, 7) is 8.63. The fraction of sp³-hybridized carbons (Fsp3) is 0.684. The summed E-state index contributed by atoms with van der Waals surface area (Å²) in [6, 6.07) is 8.23. The Hall–Kier alpha value is -0.440. The Morgan fingerprint density at radius 1 is 1.13 bits per heavy atom. The molecule has 0 amide bonds. The largest absolute Gasteiger partial charge is 0.487 e. The van der Waals surface area contributed by atoms with Crippen LogP contribution in [0.3, 0.4) is 0 Å². The van der Waals surface area contributed by atoms with Crippen molar-refractivity contribution in [3.8, 4) is 5.75 Å². The van der Waals surface area contributed by atoms with Gasteiger partial charge in [0.1, 0.15) is 15.7 Å². The van der Waals surface area contributed by atoms with Crippen LogP contribution in [0.4, 0.5) is 0 Å². The van der Waals surface area contributed by atoms with E-state index in [-0.39, 0.29) is 29.1 Å². The van der Waals surface area contributed by atoms with Crippen LogP contribution in [0.1, 0.15) is 52.2 Å². The molecule has 126 valence electrons. The Labute approximate surface area is 148 Å². The van der Waals surface area contributed by atoms with Crippen LogP contribution < -0.4 is 4.74 Å². The minimum absolute atomic E-state index is 0.0469. The molecule has 1 aromatic rings. The van der Waals surface area contributed by atoms with E-state index >= 15 is 0 Å². The summed E-state index contributed by atoms with van der Waals surface area (Å²) in [5.41, 5.74) is 0.657. The Kier molecular flexibility index (Phi) is 3.35. The van der Waals surface area contributed by atoms with Gasteiger partial charge < -0.3 is 9.47 Å². The molecule has 5 atom stereocenters. The Balaban J connectivity index is 1.71. The van der Waals surface area contributed by atoms with Crippen LogP contribution in [0.25, 0.3) is 0 Å². The normalized spacial score (nSPS) is 43.0. The monoisotopic (exact) mass is 354 g/mol. The Bertz CT molecular complexity index is 642. The van der Waals surface area contributed by atoms with Crippen molar-refractivity contribution >= 4 is 23.2 Å². The zero-order valence-electron chi connectivity index (χ0n) is 14.1. The molecule has 3 aliphatic rings. The number of halogens is 2. The van der Waals surface area contributed by atoms with Gasteiger partial charge in [-0.3, -0.25) is 0 Å². The van der Waals surface area contributed by atoms with Gasteiger partial charge in [0.05, 0.1) is 11.7 Å². The molecular weight excluding hydrogens is 331 g/mol. The minimum Gasteiger partial charge on any atom is -0.487 e. The number of rotatable bonds is 1. The standard InChI is InChI=1S/C19H24Cl2O2/c1-11-16(19(11,20)21)18(4)10-9-13-15(23-18)12-7-5-6-8-14(12)22-17(13,2)3/h5-8,11,13,15-16H,9-10H2,1-4H3/t11-,13-,15-,16-,18+/m1/s1. The molecular formula is C19H24Cl2O2. The third kappa shape index (κ3) is 2.25. The lowest BCUT2D eigenvalue weighted by molar-refractivity contribution is -0.199. The predicted octanol–water partition coefficient (Wildman–Crippen LogP) is 5.52. The first-order valence-electron chi connectivity index (χ1n) is 8.50. The first kappa shape index (κ1) is 16.1. The third-order valence-electron chi connectivity index (χ3n) is 6.28. The van der Waals surface area contributed by atoms with Crippen molar-refractivity contribution in [2.75, 3.05) is 0 Å². The lowest BCUT2D eigenvalue weighted by Gasteiger charge is -2.52. The Morgan fingerprint density at radius 3 is 2.43 bits per heavy atom. The van der Waals surface area contributed by atoms with Gasteiger partial charge in [-0.05, 0) is 45.6 Å². The lowest BCUT2D eigenvalue weighted by Crippen LogP contribution is -2.52. The molecule has 1 saturated carbocycles. The topological polar surface area (TPSA) is 18.5 Å². The first-order valence-corrected chi connectivity index (χ1v) is 9.26. The summed E-state index contributed by atoms with van der Waals surface area (Å²) >= 11 is 12.9. The molecule has 4 heteroatoms. The summed E-state index contributed by atoms with van der Waals surface area (Å²) in [7, 11) is 0. The maximum Gasteiger partial charge on any atom is 0.127 e. The highest BCUT2D eigenvalue weighted by atomic mass is 35.5. The van der Waals surface area contributed by atoms with Crippen molar-refractivity contribution in [2.45, 2.75) is 62.2 Å². The summed E-state index contributed by atoms with van der Waals surface area (Å²) in [5, 5.41) is 0. The van der Waals surface area contributed by atoms with Gasteiger partial charge in [0.15, 0.2) is 0 Å². The number of alkyl halides is 2. The fourth-order valence-electron chi connectivity index (χ4n) is 4.83. The van der Waals surface area contributed by atoms with E-state index in [1.807, 2.05) is 12.1 Å². The highest BCUT2D eigenvalue weighted by Crippen LogP contribution is 2.67. The van der Waals surface area contributed by atoms with Crippen molar-refractivity contribution < 1.29 is 9.47 Å². The second kappa shape index (κ2) is 4.80. The number of para-hydroxylation sites is 1. The van der Waals surface area contributed by atoms with Crippen molar-refractivity contribution in [3.05, 3.63) is 29.8 Å². The van der Waals surface area contributed by atoms with Crippen LogP contribution in [-0.2, 0) is 4.74 Å². The van der Waals surface area contributed by atoms with E-state index in [0.29, 0.717) is 5.92 Å². The van der Waals surface area contributed by atoms with Gasteiger partial charge >= 0.3 is 0 Å². The van der Waals surface area contributed by atoms with Gasteiger partial charge in [0.25, 0.3) is 0 Å². The highest BCUT2D eigenvalue weighted by molar-refractivity contribution is 6.51. The molecule has 1 aliphatic carbocycles. The number of benzene rings is 1. The van der Waals surface area contributed by atoms with E-state index in [9.17, 15) is 0 Å². The molecule has 0 bridgehead atoms. The van der Waals surface area contributed by atoms with E-state index in [1.54, 1.807) is 0 Å². The second-order valence-electron chi connectivity index (χ2n) is 8.18. The van der Waals surface area contributed by atoms with Crippen LogP contribution in [0.15, 0.2) is 24.3 Å². The number of ether oxygens (including phenoxy) is 2. The maximum absolute atomic E-state index is 6.72. The quantitative estimate of drug-likeness (QED) is 0.617. The second-order valence-corrected chi connectivity index (χ2v) is 9.62. The molecule has 2 nitrogen and oxygen atoms in total. The van der Waals surface area contributed by atoms with Gasteiger partial charge in [0.2, 0.25) is 0 Å². The van der Waals surface area contributed by atoms with Gasteiger partial charge in [-0.2, -0.15) is 0 Å². The fourth-order valence-corrected chi connectivity index (χ4v) is 5.79. The Morgan fingerprint density at radius 2 is 1.78 bits per heavy atom. The molecule has 0 N–H and O–H groups in total. The smallest absolute Gasteiger partial charge is 0.127 e. The summed E-state index contributed by atoms with van der Waals surface area (Å²) < 4.78 is 12.3. The zero-order valence-corrected chi connectivity index (χ0v) is 15.6. The van der Waals surface area contributed by atoms with Crippen LogP contribution in [0.2, 0.25) is 0 Å². The summed E-state index contributed by atoms with van der Waals surface area (Å²) in [4.78, 5) is 0. The molecule has 1 saturated heterocycles. The third-order valence-corrected chi connectivity index (χ3v) is 7.43. The van der Waals surface area contributed by atoms with E-state index in [2.05, 4.69) is 39.8 Å². The van der Waals surface area contributed by atoms with Crippen molar-refractivity contribution in [1.82, 2.24) is 0 Å². The first-order chi connectivity index (χ1) is 10.7. The van der Waals surface area contributed by atoms with Crippen LogP contribution >= 0.6 is 23.2 Å². The number of hydrogen-bond acceptors (Lipinski definition) is 2. The van der Waals surface area contributed by atoms with Crippen molar-refractivity contribution in [2.24, 2.45) is 17.8 Å². The average molecular weight is 355 g/mol. The highest BCUT2D eigenvalue weighted by Gasteiger charge is 2.69. The molecule has 0 aromatic heterocycles. The number of hydrogen-bond donors (Lipinski definition) is 0. The number of fused-ring (bicyclic) bond motifs is 3. The molecule has 1 aromatic carbocycles. The zero-order chi connectivity index (χ0) is 16.6. The summed E-state index contributed by atoms with van der Waals surface area (Å²) in [5.74, 6) is 1.75. The molecule has 0 unspecified atom stereocenters. The van der Waals surface area contributed by atoms with Gasteiger partial charge in [0, 0.05) is 17.4 Å². The van der Waals surface area contributed by atoms with E-state index in [0.717, 1.165) is 24.2 Å². The molecule has 0 radical (unpaired) electrons. The van der Waals surface area contributed by atoms with E-state index in [4.69, 9.17) is 32.7 Å². The van der Waals surface area contributed by atoms with Crippen LogP contribution in [0, 0.1) is 17.8 Å². The average Bonchev–Trinajstić information content (AvgIpc) is 2.97. The van der Waals surface area contributed by atoms with Gasteiger partial charge in [-0.15, -0.1) is 23.2 Å². The SMILES string of the molecule is C[C@@H]1[C@H]([C@]2(C)CC[C@@H]3[C@H](O2)c2ccccc2OC3(C)C)C1(Cl)Cl. The van der Waals surface area contributed by atoms with E-state index in [1.165, 1.54) is 0 Å².